The fraction of sp³-hybridized carbons (Fsp3) is 0.158. The zero-order valence-corrected chi connectivity index (χ0v) is 14.8. The van der Waals surface area contributed by atoms with E-state index < -0.39 is 0 Å². The van der Waals surface area contributed by atoms with Crippen LogP contribution in [0.3, 0.4) is 0 Å². The van der Waals surface area contributed by atoms with E-state index >= 15 is 0 Å². The van der Waals surface area contributed by atoms with Crippen LogP contribution in [0.25, 0.3) is 0 Å². The van der Waals surface area contributed by atoms with Crippen molar-refractivity contribution in [2.75, 3.05) is 5.32 Å². The highest BCUT2D eigenvalue weighted by Gasteiger charge is 2.11. The molecule has 3 aromatic rings. The quantitative estimate of drug-likeness (QED) is 0.754. The van der Waals surface area contributed by atoms with Crippen LogP contribution in [0, 0.1) is 13.8 Å². The zero-order chi connectivity index (χ0) is 17.8. The Balaban J connectivity index is 1.75. The molecule has 3 rings (SSSR count). The molecule has 128 valence electrons. The maximum Gasteiger partial charge on any atom is 0.307 e. The van der Waals surface area contributed by atoms with Gasteiger partial charge in [-0.3, -0.25) is 14.2 Å². The minimum Gasteiger partial charge on any atom is -0.455 e. The van der Waals surface area contributed by atoms with Crippen molar-refractivity contribution in [2.45, 2.75) is 20.4 Å². The van der Waals surface area contributed by atoms with E-state index in [1.165, 1.54) is 4.57 Å². The van der Waals surface area contributed by atoms with Crippen molar-refractivity contribution in [3.63, 3.8) is 0 Å². The number of rotatable bonds is 5. The first kappa shape index (κ1) is 17.0. The normalized spacial score (nSPS) is 10.5. The van der Waals surface area contributed by atoms with E-state index in [2.05, 4.69) is 5.32 Å². The number of nitrogens with zero attached hydrogens (tertiary/aromatic N) is 1. The molecule has 0 atom stereocenters. The summed E-state index contributed by atoms with van der Waals surface area (Å²) in [6.07, 6.45) is 0. The fourth-order valence-corrected chi connectivity index (χ4v) is 3.06. The lowest BCUT2D eigenvalue weighted by molar-refractivity contribution is -0.116. The van der Waals surface area contributed by atoms with Crippen molar-refractivity contribution < 1.29 is 9.53 Å². The summed E-state index contributed by atoms with van der Waals surface area (Å²) in [5.41, 5.74) is 2.48. The Morgan fingerprint density at radius 1 is 1.12 bits per heavy atom. The molecule has 0 spiro atoms. The summed E-state index contributed by atoms with van der Waals surface area (Å²) in [4.78, 5) is 23.9. The van der Waals surface area contributed by atoms with Crippen LogP contribution in [0.15, 0.2) is 58.7 Å². The molecule has 5 nitrogen and oxygen atoms in total. The number of carbonyl (C=O) groups is 1. The maximum atomic E-state index is 12.3. The van der Waals surface area contributed by atoms with E-state index in [0.717, 1.165) is 22.6 Å². The average Bonchev–Trinajstić information content (AvgIpc) is 2.90. The molecular weight excluding hydrogens is 336 g/mol. The summed E-state index contributed by atoms with van der Waals surface area (Å²) in [6, 6.07) is 14.9. The standard InChI is InChI=1S/C19H18N2O3S/c1-13-7-9-15(10-8-13)24-17-6-4-3-5-16(17)20-18(22)11-21-14(2)12-25-19(21)23/h3-10,12H,11H2,1-2H3,(H,20,22). The van der Waals surface area contributed by atoms with E-state index in [4.69, 9.17) is 4.74 Å². The van der Waals surface area contributed by atoms with Crippen molar-refractivity contribution >= 4 is 22.9 Å². The predicted molar refractivity (Wildman–Crippen MR) is 99.6 cm³/mol. The first-order valence-corrected chi connectivity index (χ1v) is 8.69. The number of para-hydroxylation sites is 2. The number of hydrogen-bond donors (Lipinski definition) is 1. The van der Waals surface area contributed by atoms with Crippen LogP contribution in [-0.2, 0) is 11.3 Å². The highest BCUT2D eigenvalue weighted by Crippen LogP contribution is 2.29. The van der Waals surface area contributed by atoms with Crippen LogP contribution in [0.2, 0.25) is 0 Å². The van der Waals surface area contributed by atoms with Crippen LogP contribution in [0.4, 0.5) is 5.69 Å². The Morgan fingerprint density at radius 3 is 2.52 bits per heavy atom. The molecule has 1 amide bonds. The van der Waals surface area contributed by atoms with E-state index in [1.807, 2.05) is 43.3 Å². The first-order valence-electron chi connectivity index (χ1n) is 7.81. The molecule has 1 heterocycles. The number of benzene rings is 2. The van der Waals surface area contributed by atoms with E-state index in [0.29, 0.717) is 17.2 Å². The van der Waals surface area contributed by atoms with Crippen molar-refractivity contribution in [1.29, 1.82) is 0 Å². The molecule has 0 bridgehead atoms. The number of aryl methyl sites for hydroxylation is 2. The Hall–Kier alpha value is -2.86. The minimum absolute atomic E-state index is 0.0208. The summed E-state index contributed by atoms with van der Waals surface area (Å²) in [5, 5.41) is 4.56. The number of hydrogen-bond acceptors (Lipinski definition) is 4. The summed E-state index contributed by atoms with van der Waals surface area (Å²) < 4.78 is 7.31. The molecule has 1 aromatic heterocycles. The summed E-state index contributed by atoms with van der Waals surface area (Å²) in [7, 11) is 0. The second kappa shape index (κ2) is 7.36. The first-order chi connectivity index (χ1) is 12.0. The molecular formula is C19H18N2O3S. The van der Waals surface area contributed by atoms with Gasteiger partial charge in [0.15, 0.2) is 5.75 Å². The highest BCUT2D eigenvalue weighted by atomic mass is 32.1. The minimum atomic E-state index is -0.274. The van der Waals surface area contributed by atoms with Gasteiger partial charge < -0.3 is 10.1 Å². The highest BCUT2D eigenvalue weighted by molar-refractivity contribution is 7.07. The fourth-order valence-electron chi connectivity index (χ4n) is 2.32. The Morgan fingerprint density at radius 2 is 1.84 bits per heavy atom. The lowest BCUT2D eigenvalue weighted by atomic mass is 10.2. The number of thiazole rings is 1. The van der Waals surface area contributed by atoms with Gasteiger partial charge in [-0.25, -0.2) is 0 Å². The van der Waals surface area contributed by atoms with Gasteiger partial charge in [-0.15, -0.1) is 0 Å². The third-order valence-electron chi connectivity index (χ3n) is 3.69. The van der Waals surface area contributed by atoms with Crippen molar-refractivity contribution in [2.24, 2.45) is 0 Å². The molecule has 1 N–H and O–H groups in total. The molecule has 0 saturated carbocycles. The van der Waals surface area contributed by atoms with Crippen molar-refractivity contribution in [3.8, 4) is 11.5 Å². The van der Waals surface area contributed by atoms with E-state index in [-0.39, 0.29) is 17.3 Å². The van der Waals surface area contributed by atoms with Gasteiger partial charge in [0.1, 0.15) is 12.3 Å². The Kier molecular flexibility index (Phi) is 5.00. The van der Waals surface area contributed by atoms with Gasteiger partial charge in [0, 0.05) is 11.1 Å². The zero-order valence-electron chi connectivity index (χ0n) is 14.0. The second-order valence-corrected chi connectivity index (χ2v) is 6.51. The lowest BCUT2D eigenvalue weighted by Gasteiger charge is -2.13. The number of aromatic nitrogens is 1. The third kappa shape index (κ3) is 4.16. The molecule has 0 aliphatic rings. The van der Waals surface area contributed by atoms with Gasteiger partial charge in [-0.1, -0.05) is 41.2 Å². The second-order valence-electron chi connectivity index (χ2n) is 5.69. The molecule has 0 aliphatic carbocycles. The van der Waals surface area contributed by atoms with Crippen LogP contribution < -0.4 is 14.9 Å². The molecule has 0 saturated heterocycles. The molecule has 2 aromatic carbocycles. The number of nitrogens with one attached hydrogen (secondary N) is 1. The maximum absolute atomic E-state index is 12.3. The number of carbonyl (C=O) groups excluding carboxylic acids is 1. The number of ether oxygens (including phenoxy) is 1. The third-order valence-corrected chi connectivity index (χ3v) is 4.57. The molecule has 0 unspecified atom stereocenters. The predicted octanol–water partition coefficient (Wildman–Crippen LogP) is 3.96. The smallest absolute Gasteiger partial charge is 0.307 e. The van der Waals surface area contributed by atoms with E-state index in [9.17, 15) is 9.59 Å². The van der Waals surface area contributed by atoms with Crippen LogP contribution >= 0.6 is 11.3 Å². The van der Waals surface area contributed by atoms with Gasteiger partial charge >= 0.3 is 4.87 Å². The van der Waals surface area contributed by atoms with Crippen LogP contribution in [0.1, 0.15) is 11.3 Å². The Bertz CT molecular complexity index is 942. The lowest BCUT2D eigenvalue weighted by Crippen LogP contribution is -2.25. The molecule has 25 heavy (non-hydrogen) atoms. The van der Waals surface area contributed by atoms with Crippen LogP contribution in [-0.4, -0.2) is 10.5 Å². The van der Waals surface area contributed by atoms with Gasteiger partial charge in [-0.05, 0) is 38.1 Å². The van der Waals surface area contributed by atoms with Crippen molar-refractivity contribution in [1.82, 2.24) is 4.57 Å². The largest absolute Gasteiger partial charge is 0.455 e. The number of amides is 1. The van der Waals surface area contributed by atoms with Crippen LogP contribution in [0.5, 0.6) is 11.5 Å². The van der Waals surface area contributed by atoms with E-state index in [1.54, 1.807) is 24.4 Å². The molecule has 0 radical (unpaired) electrons. The van der Waals surface area contributed by atoms with Gasteiger partial charge in [0.05, 0.1) is 5.69 Å². The Labute approximate surface area is 149 Å². The summed E-state index contributed by atoms with van der Waals surface area (Å²) in [6.45, 7) is 3.79. The summed E-state index contributed by atoms with van der Waals surface area (Å²) >= 11 is 1.09. The summed E-state index contributed by atoms with van der Waals surface area (Å²) in [5.74, 6) is 0.967. The molecule has 0 fully saturated rings. The molecule has 0 aliphatic heterocycles. The van der Waals surface area contributed by atoms with Gasteiger partial charge in [0.25, 0.3) is 0 Å². The molecule has 6 heteroatoms. The van der Waals surface area contributed by atoms with Gasteiger partial charge in [0.2, 0.25) is 5.91 Å². The monoisotopic (exact) mass is 354 g/mol. The number of anilines is 1. The van der Waals surface area contributed by atoms with Gasteiger partial charge in [-0.2, -0.15) is 0 Å². The SMILES string of the molecule is Cc1ccc(Oc2ccccc2NC(=O)Cn2c(C)csc2=O)cc1. The van der Waals surface area contributed by atoms with Crippen molar-refractivity contribution in [3.05, 3.63) is 74.8 Å². The topological polar surface area (TPSA) is 60.3 Å². The average molecular weight is 354 g/mol.